The number of hydrogen-bond acceptors (Lipinski definition) is 3. The lowest BCUT2D eigenvalue weighted by molar-refractivity contribution is 0.285. The number of nitrogens with one attached hydrogen (secondary N) is 2. The Morgan fingerprint density at radius 3 is 2.80 bits per heavy atom. The molecule has 2 aromatic rings. The van der Waals surface area contributed by atoms with Crippen LogP contribution in [0.5, 0.6) is 5.75 Å². The first kappa shape index (κ1) is 24.4. The molecule has 0 radical (unpaired) electrons. The van der Waals surface area contributed by atoms with E-state index in [0.717, 1.165) is 24.5 Å². The van der Waals surface area contributed by atoms with E-state index in [4.69, 9.17) is 4.74 Å². The van der Waals surface area contributed by atoms with Crippen LogP contribution in [-0.4, -0.2) is 30.6 Å². The van der Waals surface area contributed by atoms with Crippen molar-refractivity contribution in [2.24, 2.45) is 10.9 Å². The summed E-state index contributed by atoms with van der Waals surface area (Å²) in [5.74, 6) is 1.35. The molecule has 7 heteroatoms. The van der Waals surface area contributed by atoms with Gasteiger partial charge in [-0.05, 0) is 80.8 Å². The summed E-state index contributed by atoms with van der Waals surface area (Å²) in [6.45, 7) is 8.12. The van der Waals surface area contributed by atoms with Crippen LogP contribution in [0.3, 0.4) is 0 Å². The predicted molar refractivity (Wildman–Crippen MR) is 130 cm³/mol. The van der Waals surface area contributed by atoms with E-state index < -0.39 is 0 Å². The van der Waals surface area contributed by atoms with Gasteiger partial charge in [0.25, 0.3) is 0 Å². The van der Waals surface area contributed by atoms with Gasteiger partial charge in [0.1, 0.15) is 0 Å². The molecule has 0 amide bonds. The van der Waals surface area contributed by atoms with Crippen molar-refractivity contribution in [1.82, 2.24) is 15.6 Å². The molecule has 0 aliphatic heterocycles. The molecule has 1 atom stereocenters. The highest BCUT2D eigenvalue weighted by Crippen LogP contribution is 2.30. The Kier molecular flexibility index (Phi) is 9.81. The summed E-state index contributed by atoms with van der Waals surface area (Å²) in [5, 5.41) is 6.62. The minimum Gasteiger partial charge on any atom is -0.490 e. The van der Waals surface area contributed by atoms with Gasteiger partial charge in [0.15, 0.2) is 17.5 Å². The van der Waals surface area contributed by atoms with Gasteiger partial charge in [0.2, 0.25) is 0 Å². The van der Waals surface area contributed by atoms with E-state index in [0.29, 0.717) is 24.8 Å². The van der Waals surface area contributed by atoms with Gasteiger partial charge in [-0.1, -0.05) is 6.07 Å². The molecular formula is C23H32FIN4O. The first-order chi connectivity index (χ1) is 14.1. The molecule has 1 aromatic carbocycles. The molecule has 164 valence electrons. The molecule has 1 fully saturated rings. The molecule has 0 spiro atoms. The standard InChI is InChI=1S/C23H31FN4O.HI/c1-4-26-23(27-12-10-19-9-11-25-14-16(19)2)28-17(3)20-7-8-22(21(24)13-20)29-15-18-5-6-18;/h7-9,11,13-14,17-18H,4-6,10,12,15H2,1-3H3,(H2,26,27,28);1H. The zero-order valence-corrected chi connectivity index (χ0v) is 20.3. The number of pyridine rings is 1. The molecule has 1 unspecified atom stereocenters. The third kappa shape index (κ3) is 7.41. The van der Waals surface area contributed by atoms with Gasteiger partial charge in [-0.3, -0.25) is 9.98 Å². The molecule has 2 N–H and O–H groups in total. The zero-order chi connectivity index (χ0) is 20.6. The molecule has 0 bridgehead atoms. The fourth-order valence-electron chi connectivity index (χ4n) is 3.07. The number of rotatable bonds is 9. The van der Waals surface area contributed by atoms with E-state index in [9.17, 15) is 4.39 Å². The van der Waals surface area contributed by atoms with Crippen LogP contribution < -0.4 is 15.4 Å². The number of aliphatic imine (C=N–C) groups is 1. The van der Waals surface area contributed by atoms with Crippen LogP contribution in [-0.2, 0) is 6.42 Å². The molecule has 1 saturated carbocycles. The summed E-state index contributed by atoms with van der Waals surface area (Å²) in [7, 11) is 0. The zero-order valence-electron chi connectivity index (χ0n) is 18.0. The lowest BCUT2D eigenvalue weighted by atomic mass is 10.1. The molecule has 1 aliphatic rings. The summed E-state index contributed by atoms with van der Waals surface area (Å²) in [4.78, 5) is 8.79. The van der Waals surface area contributed by atoms with Gasteiger partial charge in [-0.15, -0.1) is 24.0 Å². The van der Waals surface area contributed by atoms with E-state index in [1.54, 1.807) is 12.1 Å². The van der Waals surface area contributed by atoms with Crippen LogP contribution >= 0.6 is 24.0 Å². The van der Waals surface area contributed by atoms with Crippen molar-refractivity contribution in [3.63, 3.8) is 0 Å². The predicted octanol–water partition coefficient (Wildman–Crippen LogP) is 4.79. The lowest BCUT2D eigenvalue weighted by Crippen LogP contribution is -2.39. The number of aromatic nitrogens is 1. The summed E-state index contributed by atoms with van der Waals surface area (Å²) in [5.41, 5.74) is 3.28. The smallest absolute Gasteiger partial charge is 0.191 e. The van der Waals surface area contributed by atoms with Crippen LogP contribution in [0.4, 0.5) is 4.39 Å². The van der Waals surface area contributed by atoms with Crippen LogP contribution in [0.1, 0.15) is 49.4 Å². The van der Waals surface area contributed by atoms with E-state index >= 15 is 0 Å². The second-order valence-electron chi connectivity index (χ2n) is 7.62. The normalized spacial score (nSPS) is 14.6. The van der Waals surface area contributed by atoms with Crippen LogP contribution in [0, 0.1) is 18.7 Å². The van der Waals surface area contributed by atoms with Crippen LogP contribution in [0.2, 0.25) is 0 Å². The maximum absolute atomic E-state index is 14.4. The number of hydrogen-bond donors (Lipinski definition) is 2. The van der Waals surface area contributed by atoms with E-state index in [-0.39, 0.29) is 35.8 Å². The van der Waals surface area contributed by atoms with Gasteiger partial charge >= 0.3 is 0 Å². The number of ether oxygens (including phenoxy) is 1. The molecule has 3 rings (SSSR count). The molecule has 1 heterocycles. The van der Waals surface area contributed by atoms with Gasteiger partial charge in [0, 0.05) is 25.5 Å². The summed E-state index contributed by atoms with van der Waals surface area (Å²) >= 11 is 0. The first-order valence-corrected chi connectivity index (χ1v) is 10.4. The Morgan fingerprint density at radius 2 is 2.13 bits per heavy atom. The van der Waals surface area contributed by atoms with Gasteiger partial charge in [-0.25, -0.2) is 4.39 Å². The van der Waals surface area contributed by atoms with Crippen molar-refractivity contribution in [3.8, 4) is 5.75 Å². The monoisotopic (exact) mass is 526 g/mol. The quantitative estimate of drug-likeness (QED) is 0.280. The Bertz CT molecular complexity index is 842. The Labute approximate surface area is 195 Å². The average Bonchev–Trinajstić information content (AvgIpc) is 3.53. The first-order valence-electron chi connectivity index (χ1n) is 10.4. The van der Waals surface area contributed by atoms with Crippen molar-refractivity contribution >= 4 is 29.9 Å². The van der Waals surface area contributed by atoms with Crippen molar-refractivity contribution < 1.29 is 9.13 Å². The number of halogens is 2. The Balaban J connectivity index is 0.00000320. The van der Waals surface area contributed by atoms with Gasteiger partial charge in [-0.2, -0.15) is 0 Å². The minimum atomic E-state index is -0.313. The fourth-order valence-corrected chi connectivity index (χ4v) is 3.07. The lowest BCUT2D eigenvalue weighted by Gasteiger charge is -2.19. The van der Waals surface area contributed by atoms with Crippen molar-refractivity contribution in [2.45, 2.75) is 46.1 Å². The maximum Gasteiger partial charge on any atom is 0.191 e. The second kappa shape index (κ2) is 12.1. The van der Waals surface area contributed by atoms with E-state index in [1.165, 1.54) is 24.0 Å². The highest BCUT2D eigenvalue weighted by Gasteiger charge is 2.22. The van der Waals surface area contributed by atoms with Crippen LogP contribution in [0.15, 0.2) is 41.7 Å². The summed E-state index contributed by atoms with van der Waals surface area (Å²) in [6, 6.07) is 7.13. The molecule has 1 aromatic heterocycles. The Hall–Kier alpha value is -1.90. The van der Waals surface area contributed by atoms with Crippen LogP contribution in [0.25, 0.3) is 0 Å². The largest absolute Gasteiger partial charge is 0.490 e. The fraction of sp³-hybridized carbons (Fsp3) is 0.478. The van der Waals surface area contributed by atoms with Gasteiger partial charge < -0.3 is 15.4 Å². The highest BCUT2D eigenvalue weighted by molar-refractivity contribution is 14.0. The molecular weight excluding hydrogens is 494 g/mol. The maximum atomic E-state index is 14.4. The van der Waals surface area contributed by atoms with Crippen molar-refractivity contribution in [2.75, 3.05) is 19.7 Å². The number of guanidine groups is 1. The van der Waals surface area contributed by atoms with E-state index in [1.807, 2.05) is 38.4 Å². The highest BCUT2D eigenvalue weighted by atomic mass is 127. The molecule has 1 aliphatic carbocycles. The summed E-state index contributed by atoms with van der Waals surface area (Å²) < 4.78 is 20.0. The summed E-state index contributed by atoms with van der Waals surface area (Å²) in [6.07, 6.45) is 6.91. The molecule has 30 heavy (non-hydrogen) atoms. The third-order valence-electron chi connectivity index (χ3n) is 5.11. The SMILES string of the molecule is CCNC(=NCCc1ccncc1C)NC(C)c1ccc(OCC2CC2)c(F)c1.I. The number of nitrogens with zero attached hydrogens (tertiary/aromatic N) is 2. The topological polar surface area (TPSA) is 58.5 Å². The molecule has 5 nitrogen and oxygen atoms in total. The second-order valence-corrected chi connectivity index (χ2v) is 7.62. The molecule has 0 saturated heterocycles. The van der Waals surface area contributed by atoms with E-state index in [2.05, 4.69) is 27.5 Å². The number of aryl methyl sites for hydroxylation is 1. The average molecular weight is 526 g/mol. The number of benzene rings is 1. The Morgan fingerprint density at radius 1 is 1.33 bits per heavy atom. The van der Waals surface area contributed by atoms with Crippen molar-refractivity contribution in [3.05, 3.63) is 59.2 Å². The van der Waals surface area contributed by atoms with Crippen molar-refractivity contribution in [1.29, 1.82) is 0 Å². The third-order valence-corrected chi connectivity index (χ3v) is 5.11. The van der Waals surface area contributed by atoms with Gasteiger partial charge in [0.05, 0.1) is 12.6 Å². The minimum absolute atomic E-state index is 0.